The van der Waals surface area contributed by atoms with Crippen LogP contribution in [0.3, 0.4) is 0 Å². The predicted molar refractivity (Wildman–Crippen MR) is 55.4 cm³/mol. The van der Waals surface area contributed by atoms with E-state index in [4.69, 9.17) is 4.74 Å². The summed E-state index contributed by atoms with van der Waals surface area (Å²) >= 11 is 0. The van der Waals surface area contributed by atoms with E-state index < -0.39 is 0 Å². The number of hydrogen-bond donors (Lipinski definition) is 1. The summed E-state index contributed by atoms with van der Waals surface area (Å²) in [5.74, 6) is 0. The number of rotatable bonds is 1. The molecule has 1 N–H and O–H groups in total. The van der Waals surface area contributed by atoms with Gasteiger partial charge in [-0.15, -0.1) is 0 Å². The minimum atomic E-state index is 0.222. The molecule has 0 aliphatic carbocycles. The maximum Gasteiger partial charge on any atom is 0.116 e. The highest BCUT2D eigenvalue weighted by atomic mass is 16.5. The summed E-state index contributed by atoms with van der Waals surface area (Å²) in [5, 5.41) is 3.33. The predicted octanol–water partition coefficient (Wildman–Crippen LogP) is 0.974. The normalized spacial score (nSPS) is 25.2. The second-order valence-corrected chi connectivity index (χ2v) is 4.11. The van der Waals surface area contributed by atoms with Gasteiger partial charge in [0.1, 0.15) is 6.33 Å². The van der Waals surface area contributed by atoms with Gasteiger partial charge in [-0.2, -0.15) is 0 Å². The fourth-order valence-electron chi connectivity index (χ4n) is 2.38. The Morgan fingerprint density at radius 1 is 1.40 bits per heavy atom. The van der Waals surface area contributed by atoms with E-state index >= 15 is 0 Å². The van der Waals surface area contributed by atoms with Gasteiger partial charge in [-0.25, -0.2) is 9.97 Å². The Bertz CT molecular complexity index is 361. The second-order valence-electron chi connectivity index (χ2n) is 4.11. The third-order valence-corrected chi connectivity index (χ3v) is 3.15. The molecule has 1 aromatic rings. The van der Waals surface area contributed by atoms with E-state index in [0.29, 0.717) is 0 Å². The van der Waals surface area contributed by atoms with Crippen LogP contribution in [-0.4, -0.2) is 23.1 Å². The standard InChI is InChI=1S/C11H15N3O/c1-2-10(15-5-1)11-8-3-4-12-6-9(8)13-7-14-11/h7,10,12H,1-6H2. The molecule has 2 aliphatic heterocycles. The average Bonchev–Trinajstić information content (AvgIpc) is 2.82. The van der Waals surface area contributed by atoms with Crippen molar-refractivity contribution in [3.8, 4) is 0 Å². The first-order valence-corrected chi connectivity index (χ1v) is 5.60. The van der Waals surface area contributed by atoms with E-state index in [-0.39, 0.29) is 6.10 Å². The summed E-state index contributed by atoms with van der Waals surface area (Å²) in [5.41, 5.74) is 3.61. The van der Waals surface area contributed by atoms with Crippen LogP contribution in [0.25, 0.3) is 0 Å². The molecule has 4 heteroatoms. The smallest absolute Gasteiger partial charge is 0.116 e. The topological polar surface area (TPSA) is 47.0 Å². The first-order valence-electron chi connectivity index (χ1n) is 5.60. The number of aromatic nitrogens is 2. The molecule has 3 rings (SSSR count). The Morgan fingerprint density at radius 3 is 3.27 bits per heavy atom. The van der Waals surface area contributed by atoms with Gasteiger partial charge in [0.15, 0.2) is 0 Å². The number of fused-ring (bicyclic) bond motifs is 1. The van der Waals surface area contributed by atoms with Crippen molar-refractivity contribution in [3.05, 3.63) is 23.3 Å². The molecule has 0 amide bonds. The second kappa shape index (κ2) is 3.87. The van der Waals surface area contributed by atoms with Gasteiger partial charge in [-0.1, -0.05) is 0 Å². The molecular weight excluding hydrogens is 190 g/mol. The van der Waals surface area contributed by atoms with Crippen LogP contribution in [0, 0.1) is 0 Å². The Balaban J connectivity index is 1.99. The molecule has 0 spiro atoms. The molecular formula is C11H15N3O. The Morgan fingerprint density at radius 2 is 2.40 bits per heavy atom. The Kier molecular flexibility index (Phi) is 2.38. The van der Waals surface area contributed by atoms with Crippen LogP contribution in [0.4, 0.5) is 0 Å². The lowest BCUT2D eigenvalue weighted by Crippen LogP contribution is -2.26. The molecule has 1 unspecified atom stereocenters. The van der Waals surface area contributed by atoms with Crippen molar-refractivity contribution in [2.45, 2.75) is 31.9 Å². The third-order valence-electron chi connectivity index (χ3n) is 3.15. The third kappa shape index (κ3) is 1.64. The molecule has 1 aromatic heterocycles. The summed E-state index contributed by atoms with van der Waals surface area (Å²) in [6, 6.07) is 0. The SMILES string of the molecule is c1nc2c(c(C3CCCO3)n1)CCNC2. The van der Waals surface area contributed by atoms with E-state index in [1.165, 1.54) is 5.56 Å². The van der Waals surface area contributed by atoms with Gasteiger partial charge in [0, 0.05) is 18.7 Å². The van der Waals surface area contributed by atoms with Crippen LogP contribution in [-0.2, 0) is 17.7 Å². The average molecular weight is 205 g/mol. The molecule has 80 valence electrons. The van der Waals surface area contributed by atoms with Crippen molar-refractivity contribution in [2.75, 3.05) is 13.2 Å². The number of nitrogens with zero attached hydrogens (tertiary/aromatic N) is 2. The number of hydrogen-bond acceptors (Lipinski definition) is 4. The molecule has 0 bridgehead atoms. The highest BCUT2D eigenvalue weighted by molar-refractivity contribution is 5.28. The van der Waals surface area contributed by atoms with Crippen LogP contribution >= 0.6 is 0 Å². The first-order chi connectivity index (χ1) is 7.45. The molecule has 0 saturated carbocycles. The van der Waals surface area contributed by atoms with Crippen LogP contribution in [0.2, 0.25) is 0 Å². The highest BCUT2D eigenvalue weighted by Gasteiger charge is 2.24. The molecule has 0 aromatic carbocycles. The lowest BCUT2D eigenvalue weighted by molar-refractivity contribution is 0.107. The van der Waals surface area contributed by atoms with Gasteiger partial charge in [0.2, 0.25) is 0 Å². The zero-order chi connectivity index (χ0) is 10.1. The van der Waals surface area contributed by atoms with Crippen molar-refractivity contribution >= 4 is 0 Å². The molecule has 1 saturated heterocycles. The van der Waals surface area contributed by atoms with Crippen molar-refractivity contribution in [3.63, 3.8) is 0 Å². The minimum Gasteiger partial charge on any atom is -0.372 e. The molecule has 0 radical (unpaired) electrons. The highest BCUT2D eigenvalue weighted by Crippen LogP contribution is 2.30. The monoisotopic (exact) mass is 205 g/mol. The summed E-state index contributed by atoms with van der Waals surface area (Å²) in [6.45, 7) is 2.78. The zero-order valence-corrected chi connectivity index (χ0v) is 8.70. The van der Waals surface area contributed by atoms with E-state index in [9.17, 15) is 0 Å². The van der Waals surface area contributed by atoms with Crippen molar-refractivity contribution in [1.29, 1.82) is 0 Å². The number of nitrogens with one attached hydrogen (secondary N) is 1. The zero-order valence-electron chi connectivity index (χ0n) is 8.70. The van der Waals surface area contributed by atoms with Crippen LogP contribution in [0.5, 0.6) is 0 Å². The lowest BCUT2D eigenvalue weighted by Gasteiger charge is -2.20. The van der Waals surface area contributed by atoms with Crippen molar-refractivity contribution in [2.24, 2.45) is 0 Å². The van der Waals surface area contributed by atoms with Crippen LogP contribution in [0.1, 0.15) is 35.9 Å². The Labute approximate surface area is 89.1 Å². The van der Waals surface area contributed by atoms with E-state index in [1.54, 1.807) is 6.33 Å². The first kappa shape index (κ1) is 9.24. The molecule has 2 aliphatic rings. The van der Waals surface area contributed by atoms with Gasteiger partial charge >= 0.3 is 0 Å². The molecule has 3 heterocycles. The summed E-state index contributed by atoms with van der Waals surface area (Å²) in [6.07, 6.45) is 5.19. The minimum absolute atomic E-state index is 0.222. The van der Waals surface area contributed by atoms with Crippen molar-refractivity contribution < 1.29 is 4.74 Å². The van der Waals surface area contributed by atoms with Gasteiger partial charge in [-0.05, 0) is 25.8 Å². The number of ether oxygens (including phenoxy) is 1. The molecule has 15 heavy (non-hydrogen) atoms. The summed E-state index contributed by atoms with van der Waals surface area (Å²) in [7, 11) is 0. The van der Waals surface area contributed by atoms with Crippen LogP contribution < -0.4 is 5.32 Å². The molecule has 4 nitrogen and oxygen atoms in total. The lowest BCUT2D eigenvalue weighted by atomic mass is 10.00. The quantitative estimate of drug-likeness (QED) is 0.742. The molecule has 1 atom stereocenters. The Hall–Kier alpha value is -1.00. The summed E-state index contributed by atoms with van der Waals surface area (Å²) in [4.78, 5) is 8.73. The van der Waals surface area contributed by atoms with Gasteiger partial charge < -0.3 is 10.1 Å². The maximum atomic E-state index is 5.69. The van der Waals surface area contributed by atoms with Crippen molar-refractivity contribution in [1.82, 2.24) is 15.3 Å². The fraction of sp³-hybridized carbons (Fsp3) is 0.636. The molecule has 1 fully saturated rings. The van der Waals surface area contributed by atoms with E-state index in [0.717, 1.165) is 50.3 Å². The van der Waals surface area contributed by atoms with Crippen LogP contribution in [0.15, 0.2) is 6.33 Å². The fourth-order valence-corrected chi connectivity index (χ4v) is 2.38. The van der Waals surface area contributed by atoms with Gasteiger partial charge in [0.05, 0.1) is 17.5 Å². The largest absolute Gasteiger partial charge is 0.372 e. The van der Waals surface area contributed by atoms with E-state index in [1.807, 2.05) is 0 Å². The van der Waals surface area contributed by atoms with E-state index in [2.05, 4.69) is 15.3 Å². The van der Waals surface area contributed by atoms with Gasteiger partial charge in [0.25, 0.3) is 0 Å². The maximum absolute atomic E-state index is 5.69. The summed E-state index contributed by atoms with van der Waals surface area (Å²) < 4.78 is 5.69. The van der Waals surface area contributed by atoms with Gasteiger partial charge in [-0.3, -0.25) is 0 Å².